The lowest BCUT2D eigenvalue weighted by molar-refractivity contribution is -0.137. The number of rotatable bonds is 5. The van der Waals surface area contributed by atoms with Gasteiger partial charge in [0.1, 0.15) is 0 Å². The summed E-state index contributed by atoms with van der Waals surface area (Å²) in [6, 6.07) is 4.07. The highest BCUT2D eigenvalue weighted by molar-refractivity contribution is 7.99. The molecule has 1 aliphatic carbocycles. The van der Waals surface area contributed by atoms with Gasteiger partial charge in [-0.05, 0) is 44.9 Å². The number of ether oxygens (including phenoxy) is 1. The molecule has 1 aliphatic heterocycles. The van der Waals surface area contributed by atoms with Crippen LogP contribution in [0.3, 0.4) is 0 Å². The lowest BCUT2D eigenvalue weighted by atomic mass is 9.89. The number of carbonyl (C=O) groups is 1. The molecule has 0 atom stereocenters. The third-order valence-electron chi connectivity index (χ3n) is 5.02. The van der Waals surface area contributed by atoms with E-state index in [4.69, 9.17) is 9.84 Å². The predicted molar refractivity (Wildman–Crippen MR) is 113 cm³/mol. The first kappa shape index (κ1) is 19.4. The van der Waals surface area contributed by atoms with Crippen molar-refractivity contribution in [1.82, 2.24) is 14.9 Å². The maximum Gasteiger partial charge on any atom is 0.340 e. The molecule has 4 rings (SSSR count). The number of esters is 1. The largest absolute Gasteiger partial charge is 0.462 e. The highest BCUT2D eigenvalue weighted by Crippen LogP contribution is 2.35. The van der Waals surface area contributed by atoms with Gasteiger partial charge < -0.3 is 4.74 Å². The Hall–Kier alpha value is -1.93. The molecule has 3 heterocycles. The van der Waals surface area contributed by atoms with Crippen molar-refractivity contribution in [3.63, 3.8) is 0 Å². The molecule has 8 heteroatoms. The van der Waals surface area contributed by atoms with Crippen LogP contribution in [0.15, 0.2) is 28.0 Å². The van der Waals surface area contributed by atoms with Crippen LogP contribution in [0.2, 0.25) is 0 Å². The van der Waals surface area contributed by atoms with Gasteiger partial charge in [0.25, 0.3) is 0 Å². The summed E-state index contributed by atoms with van der Waals surface area (Å²) in [7, 11) is 0. The average molecular weight is 417 g/mol. The third-order valence-corrected chi connectivity index (χ3v) is 6.90. The molecule has 0 bridgehead atoms. The van der Waals surface area contributed by atoms with Gasteiger partial charge in [0.2, 0.25) is 5.16 Å². The molecule has 1 saturated carbocycles. The zero-order chi connectivity index (χ0) is 19.5. The van der Waals surface area contributed by atoms with Gasteiger partial charge >= 0.3 is 5.97 Å². The van der Waals surface area contributed by atoms with E-state index in [-0.39, 0.29) is 5.97 Å². The van der Waals surface area contributed by atoms with Crippen molar-refractivity contribution in [2.45, 2.75) is 57.0 Å². The Kier molecular flexibility index (Phi) is 5.96. The van der Waals surface area contributed by atoms with Crippen LogP contribution >= 0.6 is 23.1 Å². The lowest BCUT2D eigenvalue weighted by Crippen LogP contribution is -2.22. The fourth-order valence-electron chi connectivity index (χ4n) is 3.63. The van der Waals surface area contributed by atoms with Gasteiger partial charge in [-0.15, -0.1) is 21.5 Å². The number of aromatic nitrogens is 3. The van der Waals surface area contributed by atoms with E-state index in [9.17, 15) is 4.79 Å². The van der Waals surface area contributed by atoms with Crippen molar-refractivity contribution in [3.05, 3.63) is 33.3 Å². The minimum Gasteiger partial charge on any atom is -0.462 e. The zero-order valence-electron chi connectivity index (χ0n) is 16.2. The maximum atomic E-state index is 12.7. The second-order valence-corrected chi connectivity index (χ2v) is 9.31. The number of nitrogens with zero attached hydrogens (tertiary/aromatic N) is 4. The van der Waals surface area contributed by atoms with Crippen molar-refractivity contribution in [2.75, 3.05) is 12.4 Å². The van der Waals surface area contributed by atoms with E-state index in [1.54, 1.807) is 23.1 Å². The Bertz CT molecular complexity index is 923. The van der Waals surface area contributed by atoms with Crippen molar-refractivity contribution < 1.29 is 9.53 Å². The smallest absolute Gasteiger partial charge is 0.340 e. The Balaban J connectivity index is 1.71. The van der Waals surface area contributed by atoms with Crippen LogP contribution in [0, 0.1) is 6.92 Å². The van der Waals surface area contributed by atoms with E-state index in [2.05, 4.69) is 23.2 Å². The fourth-order valence-corrected chi connectivity index (χ4v) is 5.29. The SMILES string of the molecule is CCOC(=O)/C(=C\c1ccc(C)s1)C1=Nn2c(nnc2C2CCCCC2)SC1. The van der Waals surface area contributed by atoms with Gasteiger partial charge in [0, 0.05) is 21.4 Å². The minimum atomic E-state index is -0.330. The molecule has 2 aromatic rings. The van der Waals surface area contributed by atoms with Gasteiger partial charge in [0.15, 0.2) is 5.82 Å². The van der Waals surface area contributed by atoms with Crippen LogP contribution in [0.5, 0.6) is 0 Å². The van der Waals surface area contributed by atoms with E-state index in [0.717, 1.165) is 34.4 Å². The van der Waals surface area contributed by atoms with Gasteiger partial charge in [-0.1, -0.05) is 31.0 Å². The molecular weight excluding hydrogens is 392 g/mol. The first-order valence-electron chi connectivity index (χ1n) is 9.77. The molecule has 28 heavy (non-hydrogen) atoms. The number of thioether (sulfide) groups is 1. The second kappa shape index (κ2) is 8.61. The Morgan fingerprint density at radius 3 is 2.82 bits per heavy atom. The van der Waals surface area contributed by atoms with Crippen molar-refractivity contribution in [2.24, 2.45) is 5.10 Å². The number of hydrogen-bond donors (Lipinski definition) is 0. The highest BCUT2D eigenvalue weighted by Gasteiger charge is 2.28. The summed E-state index contributed by atoms with van der Waals surface area (Å²) in [4.78, 5) is 14.9. The zero-order valence-corrected chi connectivity index (χ0v) is 17.8. The molecule has 0 saturated heterocycles. The summed E-state index contributed by atoms with van der Waals surface area (Å²) in [6.45, 7) is 4.21. The molecule has 2 aliphatic rings. The maximum absolute atomic E-state index is 12.7. The van der Waals surface area contributed by atoms with Gasteiger partial charge in [-0.25, -0.2) is 4.79 Å². The number of aryl methyl sites for hydroxylation is 1. The van der Waals surface area contributed by atoms with Crippen LogP contribution in [-0.2, 0) is 9.53 Å². The number of carbonyl (C=O) groups excluding carboxylic acids is 1. The van der Waals surface area contributed by atoms with Crippen molar-refractivity contribution in [3.8, 4) is 0 Å². The van der Waals surface area contributed by atoms with E-state index in [0.29, 0.717) is 23.9 Å². The van der Waals surface area contributed by atoms with Crippen LogP contribution in [0.1, 0.15) is 60.5 Å². The standard InChI is InChI=1S/C20H24N4O2S2/c1-3-26-19(25)16(11-15-10-9-13(2)28-15)17-12-27-20-22-21-18(24(20)23-17)14-7-5-4-6-8-14/h9-11,14H,3-8,12H2,1-2H3/b16-11-. The summed E-state index contributed by atoms with van der Waals surface area (Å²) < 4.78 is 7.17. The van der Waals surface area contributed by atoms with Crippen LogP contribution in [0.25, 0.3) is 6.08 Å². The van der Waals surface area contributed by atoms with E-state index >= 15 is 0 Å². The number of thiophene rings is 1. The molecule has 148 valence electrons. The Labute approximate surface area is 173 Å². The topological polar surface area (TPSA) is 69.4 Å². The fraction of sp³-hybridized carbons (Fsp3) is 0.500. The number of hydrogen-bond acceptors (Lipinski definition) is 7. The molecule has 2 aromatic heterocycles. The molecular formula is C20H24N4O2S2. The van der Waals surface area contributed by atoms with Gasteiger partial charge in [-0.2, -0.15) is 9.78 Å². The third kappa shape index (κ3) is 4.07. The molecule has 0 N–H and O–H groups in total. The van der Waals surface area contributed by atoms with E-state index in [1.807, 2.05) is 23.7 Å². The lowest BCUT2D eigenvalue weighted by Gasteiger charge is -2.22. The van der Waals surface area contributed by atoms with Gasteiger partial charge in [0.05, 0.1) is 17.9 Å². The molecule has 0 radical (unpaired) electrons. The molecule has 0 aromatic carbocycles. The first-order chi connectivity index (χ1) is 13.7. The quantitative estimate of drug-likeness (QED) is 0.524. The summed E-state index contributed by atoms with van der Waals surface area (Å²) in [5.74, 6) is 1.57. The second-order valence-electron chi connectivity index (χ2n) is 7.05. The summed E-state index contributed by atoms with van der Waals surface area (Å²) in [5.41, 5.74) is 1.24. The monoisotopic (exact) mass is 416 g/mol. The van der Waals surface area contributed by atoms with E-state index in [1.165, 1.54) is 24.1 Å². The van der Waals surface area contributed by atoms with Crippen molar-refractivity contribution in [1.29, 1.82) is 0 Å². The summed E-state index contributed by atoms with van der Waals surface area (Å²) >= 11 is 3.23. The summed E-state index contributed by atoms with van der Waals surface area (Å²) in [5, 5.41) is 14.4. The van der Waals surface area contributed by atoms with Crippen LogP contribution in [-0.4, -0.2) is 38.9 Å². The number of fused-ring (bicyclic) bond motifs is 1. The first-order valence-corrected chi connectivity index (χ1v) is 11.6. The molecule has 6 nitrogen and oxygen atoms in total. The average Bonchev–Trinajstić information content (AvgIpc) is 3.32. The minimum absolute atomic E-state index is 0.330. The van der Waals surface area contributed by atoms with E-state index < -0.39 is 0 Å². The van der Waals surface area contributed by atoms with Crippen LogP contribution < -0.4 is 0 Å². The Morgan fingerprint density at radius 2 is 2.11 bits per heavy atom. The molecule has 0 spiro atoms. The normalized spacial score (nSPS) is 17.9. The molecule has 0 unspecified atom stereocenters. The van der Waals surface area contributed by atoms with Crippen molar-refractivity contribution >= 4 is 40.9 Å². The summed E-state index contributed by atoms with van der Waals surface area (Å²) in [6.07, 6.45) is 7.89. The van der Waals surface area contributed by atoms with Gasteiger partial charge in [-0.3, -0.25) is 0 Å². The predicted octanol–water partition coefficient (Wildman–Crippen LogP) is 4.65. The highest BCUT2D eigenvalue weighted by atomic mass is 32.2. The molecule has 1 fully saturated rings. The van der Waals surface area contributed by atoms with Crippen LogP contribution in [0.4, 0.5) is 0 Å². The Morgan fingerprint density at radius 1 is 1.29 bits per heavy atom. The molecule has 0 amide bonds.